The quantitative estimate of drug-likeness (QED) is 0.339. The normalized spacial score (nSPS) is 10.6. The van der Waals surface area contributed by atoms with E-state index in [4.69, 9.17) is 19.7 Å². The summed E-state index contributed by atoms with van der Waals surface area (Å²) in [5.74, 6) is 0.0404. The highest BCUT2D eigenvalue weighted by atomic mass is 16.6. The monoisotopic (exact) mass is 412 g/mol. The third-order valence-electron chi connectivity index (χ3n) is 4.77. The first-order valence-electron chi connectivity index (χ1n) is 9.95. The summed E-state index contributed by atoms with van der Waals surface area (Å²) in [5, 5.41) is 14.1. The molecule has 0 saturated carbocycles. The lowest BCUT2D eigenvalue weighted by atomic mass is 10.1. The van der Waals surface area contributed by atoms with E-state index in [1.165, 1.54) is 0 Å². The van der Waals surface area contributed by atoms with Crippen molar-refractivity contribution in [2.75, 3.05) is 6.61 Å². The molecule has 7 heteroatoms. The van der Waals surface area contributed by atoms with Crippen molar-refractivity contribution in [3.8, 4) is 28.8 Å². The van der Waals surface area contributed by atoms with E-state index in [1.807, 2.05) is 44.2 Å². The van der Waals surface area contributed by atoms with Crippen molar-refractivity contribution in [2.45, 2.75) is 20.4 Å². The molecule has 4 aromatic rings. The van der Waals surface area contributed by atoms with Gasteiger partial charge in [-0.05, 0) is 32.0 Å². The molecular formula is C24H20N4O3. The molecule has 0 aliphatic rings. The highest BCUT2D eigenvalue weighted by molar-refractivity contribution is 6.04. The van der Waals surface area contributed by atoms with Crippen LogP contribution in [0.1, 0.15) is 29.8 Å². The minimum atomic E-state index is -0.550. The molecule has 0 spiro atoms. The van der Waals surface area contributed by atoms with Crippen LogP contribution >= 0.6 is 0 Å². The second-order valence-electron chi connectivity index (χ2n) is 6.71. The first-order chi connectivity index (χ1) is 15.1. The van der Waals surface area contributed by atoms with Gasteiger partial charge in [0.05, 0.1) is 41.1 Å². The number of aryl methyl sites for hydroxylation is 1. The molecule has 0 unspecified atom stereocenters. The summed E-state index contributed by atoms with van der Waals surface area (Å²) in [7, 11) is 0. The van der Waals surface area contributed by atoms with E-state index in [0.717, 1.165) is 5.56 Å². The topological polar surface area (TPSA) is 90.0 Å². The largest absolute Gasteiger partial charge is 0.490 e. The van der Waals surface area contributed by atoms with Crippen LogP contribution in [0.4, 0.5) is 0 Å². The minimum absolute atomic E-state index is 0.250. The van der Waals surface area contributed by atoms with Crippen LogP contribution in [0.5, 0.6) is 11.5 Å². The summed E-state index contributed by atoms with van der Waals surface area (Å²) in [6.45, 7) is 4.78. The number of nitrogens with zero attached hydrogens (tertiary/aromatic N) is 4. The predicted molar refractivity (Wildman–Crippen MR) is 116 cm³/mol. The maximum atomic E-state index is 13.2. The van der Waals surface area contributed by atoms with Crippen LogP contribution in [0, 0.1) is 11.3 Å². The lowest BCUT2D eigenvalue weighted by molar-refractivity contribution is 0.0730. The molecule has 0 fully saturated rings. The molecule has 0 N–H and O–H groups in total. The van der Waals surface area contributed by atoms with Gasteiger partial charge in [-0.15, -0.1) is 0 Å². The van der Waals surface area contributed by atoms with Crippen LogP contribution in [0.25, 0.3) is 22.3 Å². The van der Waals surface area contributed by atoms with Crippen molar-refractivity contribution >= 4 is 17.0 Å². The van der Waals surface area contributed by atoms with E-state index < -0.39 is 5.97 Å². The molecule has 31 heavy (non-hydrogen) atoms. The van der Waals surface area contributed by atoms with Gasteiger partial charge in [0, 0.05) is 18.2 Å². The molecule has 2 heterocycles. The maximum Gasteiger partial charge on any atom is 0.344 e. The van der Waals surface area contributed by atoms with Crippen LogP contribution < -0.4 is 9.47 Å². The van der Waals surface area contributed by atoms with Crippen molar-refractivity contribution in [2.24, 2.45) is 0 Å². The van der Waals surface area contributed by atoms with Gasteiger partial charge in [0.2, 0.25) is 0 Å². The first kappa shape index (κ1) is 20.1. The number of ether oxygens (including phenoxy) is 2. The number of esters is 1. The molecule has 4 rings (SSSR count). The number of fused-ring (bicyclic) bond motifs is 1. The number of pyridine rings is 1. The van der Waals surface area contributed by atoms with Gasteiger partial charge in [-0.2, -0.15) is 10.4 Å². The zero-order valence-electron chi connectivity index (χ0n) is 17.2. The molecule has 2 aromatic heterocycles. The van der Waals surface area contributed by atoms with E-state index >= 15 is 0 Å². The van der Waals surface area contributed by atoms with Crippen LogP contribution in [-0.2, 0) is 6.54 Å². The van der Waals surface area contributed by atoms with E-state index in [9.17, 15) is 4.79 Å². The van der Waals surface area contributed by atoms with Gasteiger partial charge in [-0.1, -0.05) is 30.3 Å². The molecule has 0 saturated heterocycles. The number of nitriles is 1. The zero-order chi connectivity index (χ0) is 21.8. The summed E-state index contributed by atoms with van der Waals surface area (Å²) in [6, 6.07) is 18.1. The Labute approximate surface area is 179 Å². The third kappa shape index (κ3) is 3.96. The third-order valence-corrected chi connectivity index (χ3v) is 4.77. The van der Waals surface area contributed by atoms with Crippen molar-refractivity contribution in [3.05, 3.63) is 71.9 Å². The van der Waals surface area contributed by atoms with E-state index in [0.29, 0.717) is 46.8 Å². The van der Waals surface area contributed by atoms with Crippen LogP contribution in [0.15, 0.2) is 60.8 Å². The number of carbonyl (C=O) groups excluding carboxylic acids is 1. The number of hydrogen-bond donors (Lipinski definition) is 0. The molecule has 2 aromatic carbocycles. The fourth-order valence-electron chi connectivity index (χ4n) is 3.29. The lowest BCUT2D eigenvalue weighted by Gasteiger charge is -2.12. The number of rotatable bonds is 6. The Morgan fingerprint density at radius 1 is 1.10 bits per heavy atom. The van der Waals surface area contributed by atoms with Gasteiger partial charge < -0.3 is 9.47 Å². The number of carbonyl (C=O) groups is 1. The van der Waals surface area contributed by atoms with Crippen LogP contribution in [0.3, 0.4) is 0 Å². The highest BCUT2D eigenvalue weighted by Crippen LogP contribution is 2.31. The Hall–Kier alpha value is -4.18. The summed E-state index contributed by atoms with van der Waals surface area (Å²) < 4.78 is 13.0. The summed E-state index contributed by atoms with van der Waals surface area (Å²) in [5.41, 5.74) is 2.93. The molecular weight excluding hydrogens is 392 g/mol. The smallest absolute Gasteiger partial charge is 0.344 e. The average Bonchev–Trinajstić information content (AvgIpc) is 3.23. The van der Waals surface area contributed by atoms with Crippen molar-refractivity contribution in [3.63, 3.8) is 0 Å². The molecule has 0 aliphatic carbocycles. The van der Waals surface area contributed by atoms with E-state index in [1.54, 1.807) is 35.1 Å². The Morgan fingerprint density at radius 2 is 1.90 bits per heavy atom. The number of hydrogen-bond acceptors (Lipinski definition) is 6. The zero-order valence-corrected chi connectivity index (χ0v) is 17.2. The Bertz CT molecular complexity index is 1290. The van der Waals surface area contributed by atoms with Gasteiger partial charge in [0.1, 0.15) is 0 Å². The van der Waals surface area contributed by atoms with Crippen molar-refractivity contribution in [1.82, 2.24) is 14.8 Å². The standard InChI is InChI=1S/C24H20N4O3/c1-3-28-23-19(15-26-28)18(13-20(27-23)17-8-6-5-7-9-17)24(29)31-21-11-10-16(14-25)12-22(21)30-4-2/h5-13,15H,3-4H2,1-2H3. The Kier molecular flexibility index (Phi) is 5.63. The van der Waals surface area contributed by atoms with Crippen LogP contribution in [-0.4, -0.2) is 27.3 Å². The van der Waals surface area contributed by atoms with Gasteiger partial charge in [0.25, 0.3) is 0 Å². The second kappa shape index (κ2) is 8.67. The van der Waals surface area contributed by atoms with E-state index in [2.05, 4.69) is 11.2 Å². The summed E-state index contributed by atoms with van der Waals surface area (Å²) in [4.78, 5) is 17.9. The van der Waals surface area contributed by atoms with Crippen molar-refractivity contribution < 1.29 is 14.3 Å². The fraction of sp³-hybridized carbons (Fsp3) is 0.167. The van der Waals surface area contributed by atoms with Gasteiger partial charge in [0.15, 0.2) is 17.1 Å². The van der Waals surface area contributed by atoms with E-state index in [-0.39, 0.29) is 5.75 Å². The Morgan fingerprint density at radius 3 is 2.61 bits per heavy atom. The second-order valence-corrected chi connectivity index (χ2v) is 6.71. The van der Waals surface area contributed by atoms with Gasteiger partial charge in [-0.25, -0.2) is 14.5 Å². The lowest BCUT2D eigenvalue weighted by Crippen LogP contribution is -2.11. The Balaban J connectivity index is 1.80. The molecule has 0 aliphatic heterocycles. The van der Waals surface area contributed by atoms with Crippen molar-refractivity contribution in [1.29, 1.82) is 5.26 Å². The minimum Gasteiger partial charge on any atom is -0.490 e. The summed E-state index contributed by atoms with van der Waals surface area (Å²) in [6.07, 6.45) is 1.62. The highest BCUT2D eigenvalue weighted by Gasteiger charge is 2.20. The van der Waals surface area contributed by atoms with Gasteiger partial charge >= 0.3 is 5.97 Å². The molecule has 0 amide bonds. The van der Waals surface area contributed by atoms with Gasteiger partial charge in [-0.3, -0.25) is 0 Å². The molecule has 0 bridgehead atoms. The number of benzene rings is 2. The SMILES string of the molecule is CCOc1cc(C#N)ccc1OC(=O)c1cc(-c2ccccc2)nc2c1cnn2CC. The van der Waals surface area contributed by atoms with Crippen LogP contribution in [0.2, 0.25) is 0 Å². The summed E-state index contributed by atoms with van der Waals surface area (Å²) >= 11 is 0. The average molecular weight is 412 g/mol. The molecule has 154 valence electrons. The molecule has 7 nitrogen and oxygen atoms in total. The first-order valence-corrected chi connectivity index (χ1v) is 9.95. The molecule has 0 radical (unpaired) electrons. The fourth-order valence-corrected chi connectivity index (χ4v) is 3.29. The predicted octanol–water partition coefficient (Wildman–Crippen LogP) is 4.61. The molecule has 0 atom stereocenters. The maximum absolute atomic E-state index is 13.2. The number of aromatic nitrogens is 3.